The molecule has 0 aliphatic carbocycles. The molecule has 0 fully saturated rings. The van der Waals surface area contributed by atoms with Gasteiger partial charge in [0, 0.05) is 17.0 Å². The molecule has 5 heteroatoms. The Labute approximate surface area is 131 Å². The van der Waals surface area contributed by atoms with Crippen LogP contribution in [0.5, 0.6) is 5.75 Å². The van der Waals surface area contributed by atoms with E-state index < -0.39 is 11.2 Å². The average molecular weight is 332 g/mol. The van der Waals surface area contributed by atoms with Crippen molar-refractivity contribution in [3.05, 3.63) is 62.9 Å². The third-order valence-electron chi connectivity index (χ3n) is 3.29. The monoisotopic (exact) mass is 330 g/mol. The van der Waals surface area contributed by atoms with E-state index in [0.717, 1.165) is 23.3 Å². The van der Waals surface area contributed by atoms with Crippen LogP contribution in [0, 0.1) is 5.82 Å². The molecule has 0 bridgehead atoms. The highest BCUT2D eigenvalue weighted by molar-refractivity contribution is 6.31. The normalized spacial score (nSPS) is 14.8. The van der Waals surface area contributed by atoms with Gasteiger partial charge in [0.1, 0.15) is 11.6 Å². The van der Waals surface area contributed by atoms with E-state index in [0.29, 0.717) is 17.2 Å². The molecule has 1 unspecified atom stereocenters. The Balaban J connectivity index is 2.06. The van der Waals surface area contributed by atoms with Crippen LogP contribution in [0.1, 0.15) is 22.1 Å². The van der Waals surface area contributed by atoms with Crippen molar-refractivity contribution in [1.29, 1.82) is 0 Å². The van der Waals surface area contributed by atoms with Gasteiger partial charge in [-0.05, 0) is 35.4 Å². The molecule has 1 atom stereocenters. The van der Waals surface area contributed by atoms with Crippen LogP contribution in [0.3, 0.4) is 0 Å². The molecular weight excluding hydrogens is 322 g/mol. The van der Waals surface area contributed by atoms with Gasteiger partial charge in [-0.2, -0.15) is 0 Å². The van der Waals surface area contributed by atoms with Crippen LogP contribution in [0.15, 0.2) is 30.3 Å². The molecule has 0 spiro atoms. The van der Waals surface area contributed by atoms with E-state index in [1.807, 2.05) is 6.07 Å². The van der Waals surface area contributed by atoms with E-state index in [-0.39, 0.29) is 5.02 Å². The van der Waals surface area contributed by atoms with E-state index in [2.05, 4.69) is 0 Å². The van der Waals surface area contributed by atoms with Crippen LogP contribution >= 0.6 is 34.8 Å². The molecule has 0 amide bonds. The lowest BCUT2D eigenvalue weighted by atomic mass is 10.0. The van der Waals surface area contributed by atoms with Crippen LogP contribution < -0.4 is 4.74 Å². The third kappa shape index (κ3) is 2.48. The third-order valence-corrected chi connectivity index (χ3v) is 4.28. The van der Waals surface area contributed by atoms with Crippen molar-refractivity contribution in [2.45, 2.75) is 11.8 Å². The molecule has 0 N–H and O–H groups in total. The Bertz CT molecular complexity index is 672. The van der Waals surface area contributed by atoms with E-state index in [9.17, 15) is 4.39 Å². The molecule has 1 aliphatic rings. The number of hydrogen-bond donors (Lipinski definition) is 0. The average Bonchev–Trinajstić information content (AvgIpc) is 2.88. The molecule has 0 saturated carbocycles. The zero-order chi connectivity index (χ0) is 14.3. The van der Waals surface area contributed by atoms with E-state index >= 15 is 0 Å². The predicted molar refractivity (Wildman–Crippen MR) is 79.8 cm³/mol. The number of ether oxygens (including phenoxy) is 1. The van der Waals surface area contributed by atoms with Crippen molar-refractivity contribution in [1.82, 2.24) is 0 Å². The van der Waals surface area contributed by atoms with E-state index in [4.69, 9.17) is 39.5 Å². The number of fused-ring (bicyclic) bond motifs is 1. The summed E-state index contributed by atoms with van der Waals surface area (Å²) in [5, 5.41) is 0.175. The van der Waals surface area contributed by atoms with Gasteiger partial charge < -0.3 is 4.74 Å². The minimum atomic E-state index is -0.487. The lowest BCUT2D eigenvalue weighted by molar-refractivity contribution is 0.353. The first-order valence-electron chi connectivity index (χ1n) is 6.10. The Morgan fingerprint density at radius 3 is 2.70 bits per heavy atom. The number of benzene rings is 2. The zero-order valence-electron chi connectivity index (χ0n) is 10.3. The minimum absolute atomic E-state index is 0.0488. The minimum Gasteiger partial charge on any atom is -0.493 e. The molecule has 3 rings (SSSR count). The summed E-state index contributed by atoms with van der Waals surface area (Å²) in [5.74, 6) is 0.307. The van der Waals surface area contributed by atoms with E-state index in [1.54, 1.807) is 12.1 Å². The van der Waals surface area contributed by atoms with Crippen molar-refractivity contribution >= 4 is 34.8 Å². The summed E-state index contributed by atoms with van der Waals surface area (Å²) in [4.78, 5) is 0. The maximum absolute atomic E-state index is 13.2. The largest absolute Gasteiger partial charge is 0.493 e. The van der Waals surface area contributed by atoms with E-state index in [1.165, 1.54) is 12.1 Å². The maximum Gasteiger partial charge on any atom is 0.141 e. The fourth-order valence-corrected chi connectivity index (χ4v) is 3.07. The molecule has 2 aromatic rings. The predicted octanol–water partition coefficient (Wildman–Crippen LogP) is 5.40. The number of rotatable bonds is 2. The Morgan fingerprint density at radius 2 is 1.95 bits per heavy atom. The summed E-state index contributed by atoms with van der Waals surface area (Å²) in [6.45, 7) is 0.621. The number of halogens is 4. The van der Waals surface area contributed by atoms with Crippen LogP contribution in [0.25, 0.3) is 0 Å². The molecule has 2 aromatic carbocycles. The van der Waals surface area contributed by atoms with Gasteiger partial charge >= 0.3 is 0 Å². The molecule has 0 radical (unpaired) electrons. The zero-order valence-corrected chi connectivity index (χ0v) is 12.6. The summed E-state index contributed by atoms with van der Waals surface area (Å²) in [5.41, 5.74) is 2.54. The van der Waals surface area contributed by atoms with Crippen LogP contribution in [0.2, 0.25) is 10.0 Å². The second-order valence-electron chi connectivity index (χ2n) is 4.62. The van der Waals surface area contributed by atoms with Crippen LogP contribution in [-0.4, -0.2) is 6.61 Å². The first-order valence-corrected chi connectivity index (χ1v) is 7.29. The topological polar surface area (TPSA) is 9.23 Å². The van der Waals surface area contributed by atoms with Crippen molar-refractivity contribution in [2.24, 2.45) is 0 Å². The number of hydrogen-bond acceptors (Lipinski definition) is 1. The molecule has 0 aromatic heterocycles. The molecule has 20 heavy (non-hydrogen) atoms. The SMILES string of the molecule is Fc1ccc(C(Cl)c2cc(Cl)cc3c2OCC3)cc1Cl. The first-order chi connectivity index (χ1) is 9.56. The highest BCUT2D eigenvalue weighted by Crippen LogP contribution is 2.42. The van der Waals surface area contributed by atoms with Gasteiger partial charge in [0.25, 0.3) is 0 Å². The second kappa shape index (κ2) is 5.44. The Kier molecular flexibility index (Phi) is 3.80. The number of alkyl halides is 1. The smallest absolute Gasteiger partial charge is 0.141 e. The maximum atomic E-state index is 13.2. The van der Waals surface area contributed by atoms with Crippen molar-refractivity contribution in [3.63, 3.8) is 0 Å². The van der Waals surface area contributed by atoms with Crippen molar-refractivity contribution < 1.29 is 9.13 Å². The van der Waals surface area contributed by atoms with Crippen LogP contribution in [-0.2, 0) is 6.42 Å². The Hall–Kier alpha value is -0.960. The van der Waals surface area contributed by atoms with Gasteiger partial charge in [-0.15, -0.1) is 11.6 Å². The fraction of sp³-hybridized carbons (Fsp3) is 0.200. The van der Waals surface area contributed by atoms with Gasteiger partial charge in [-0.3, -0.25) is 0 Å². The highest BCUT2D eigenvalue weighted by atomic mass is 35.5. The van der Waals surface area contributed by atoms with Gasteiger partial charge in [-0.25, -0.2) is 4.39 Å². The first kappa shape index (κ1) is 14.0. The second-order valence-corrected chi connectivity index (χ2v) is 5.90. The summed E-state index contributed by atoms with van der Waals surface area (Å²) >= 11 is 18.4. The summed E-state index contributed by atoms with van der Waals surface area (Å²) in [6.07, 6.45) is 0.816. The molecule has 0 saturated heterocycles. The van der Waals surface area contributed by atoms with Gasteiger partial charge in [0.15, 0.2) is 0 Å². The highest BCUT2D eigenvalue weighted by Gasteiger charge is 2.23. The standard InChI is InChI=1S/C15H10Cl3FO/c16-10-5-9-3-4-20-15(9)11(7-10)14(18)8-1-2-13(19)12(17)6-8/h1-2,5-7,14H,3-4H2. The molecule has 1 heterocycles. The van der Waals surface area contributed by atoms with Crippen molar-refractivity contribution in [3.8, 4) is 5.75 Å². The molecule has 1 nitrogen and oxygen atoms in total. The molecule has 1 aliphatic heterocycles. The molecular formula is C15H10Cl3FO. The quantitative estimate of drug-likeness (QED) is 0.670. The molecule has 104 valence electrons. The Morgan fingerprint density at radius 1 is 1.15 bits per heavy atom. The van der Waals surface area contributed by atoms with Crippen LogP contribution in [0.4, 0.5) is 4.39 Å². The van der Waals surface area contributed by atoms with Gasteiger partial charge in [0.2, 0.25) is 0 Å². The summed E-state index contributed by atoms with van der Waals surface area (Å²) in [6, 6.07) is 8.10. The lowest BCUT2D eigenvalue weighted by Gasteiger charge is -2.15. The van der Waals surface area contributed by atoms with Gasteiger partial charge in [-0.1, -0.05) is 29.3 Å². The lowest BCUT2D eigenvalue weighted by Crippen LogP contribution is -1.98. The van der Waals surface area contributed by atoms with Gasteiger partial charge in [0.05, 0.1) is 17.0 Å². The fourth-order valence-electron chi connectivity index (χ4n) is 2.34. The van der Waals surface area contributed by atoms with Crippen molar-refractivity contribution in [2.75, 3.05) is 6.61 Å². The summed E-state index contributed by atoms with van der Waals surface area (Å²) < 4.78 is 18.9. The summed E-state index contributed by atoms with van der Waals surface area (Å²) in [7, 11) is 0.